The molecule has 1 atom stereocenters. The van der Waals surface area contributed by atoms with Crippen LogP contribution in [0.25, 0.3) is 16.6 Å². The summed E-state index contributed by atoms with van der Waals surface area (Å²) < 4.78 is 2.54. The molecule has 0 bridgehead atoms. The molecule has 5 rings (SSSR count). The fraction of sp³-hybridized carbons (Fsp3) is 0.174. The lowest BCUT2D eigenvalue weighted by molar-refractivity contribution is 0.632. The van der Waals surface area contributed by atoms with E-state index in [2.05, 4.69) is 38.6 Å². The molecule has 1 fully saturated rings. The Balaban J connectivity index is 1.79. The number of fused-ring (bicyclic) bond motifs is 1. The van der Waals surface area contributed by atoms with Gasteiger partial charge in [0, 0.05) is 10.1 Å². The van der Waals surface area contributed by atoms with E-state index in [-0.39, 0.29) is 28.9 Å². The van der Waals surface area contributed by atoms with Crippen LogP contribution in [0.1, 0.15) is 30.3 Å². The highest BCUT2D eigenvalue weighted by molar-refractivity contribution is 14.1. The average Bonchev–Trinajstić information content (AvgIpc) is 3.29. The number of benzene rings is 2. The van der Waals surface area contributed by atoms with Crippen LogP contribution in [0.4, 0.5) is 17.6 Å². The van der Waals surface area contributed by atoms with Gasteiger partial charge in [0.1, 0.15) is 23.3 Å². The number of anilines is 3. The smallest absolute Gasteiger partial charge is 0.266 e. The minimum atomic E-state index is -0.306. The molecular weight excluding hydrogens is 531 g/mol. The van der Waals surface area contributed by atoms with E-state index < -0.39 is 0 Å². The standard InChI is InChI=1S/C23H19IN8O/c24-16-9-4-8-14-18(16)28-21(32(22(14)33)13-6-2-1-3-7-13)17-10-5-11-31(17)20-15(12-25)19(26)29-23(27)30-20/h1-4,6-9,17H,5,10-11H2,(H4,26,27,29,30). The van der Waals surface area contributed by atoms with Gasteiger partial charge >= 0.3 is 0 Å². The van der Waals surface area contributed by atoms with Crippen molar-refractivity contribution >= 4 is 51.1 Å². The average molecular weight is 550 g/mol. The molecule has 0 amide bonds. The largest absolute Gasteiger partial charge is 0.382 e. The van der Waals surface area contributed by atoms with Gasteiger partial charge in [-0.15, -0.1) is 0 Å². The number of para-hydroxylation sites is 2. The second kappa shape index (κ2) is 8.32. The molecule has 10 heteroatoms. The second-order valence-electron chi connectivity index (χ2n) is 7.71. The van der Waals surface area contributed by atoms with Gasteiger partial charge in [-0.2, -0.15) is 15.2 Å². The quantitative estimate of drug-likeness (QED) is 0.371. The van der Waals surface area contributed by atoms with Gasteiger partial charge in [0.25, 0.3) is 5.56 Å². The number of hydrogen-bond acceptors (Lipinski definition) is 8. The van der Waals surface area contributed by atoms with Crippen molar-refractivity contribution in [3.05, 3.63) is 73.8 Å². The molecule has 9 nitrogen and oxygen atoms in total. The normalized spacial score (nSPS) is 15.6. The predicted molar refractivity (Wildman–Crippen MR) is 135 cm³/mol. The van der Waals surface area contributed by atoms with Crippen molar-refractivity contribution in [1.29, 1.82) is 5.26 Å². The highest BCUT2D eigenvalue weighted by Gasteiger charge is 2.34. The van der Waals surface area contributed by atoms with Crippen molar-refractivity contribution in [2.75, 3.05) is 22.9 Å². The van der Waals surface area contributed by atoms with E-state index in [1.807, 2.05) is 47.4 Å². The van der Waals surface area contributed by atoms with E-state index in [9.17, 15) is 10.1 Å². The summed E-state index contributed by atoms with van der Waals surface area (Å²) in [6.45, 7) is 0.615. The molecule has 4 aromatic rings. The predicted octanol–water partition coefficient (Wildman–Crippen LogP) is 3.16. The lowest BCUT2D eigenvalue weighted by Crippen LogP contribution is -2.32. The maximum Gasteiger partial charge on any atom is 0.266 e. The molecule has 0 saturated carbocycles. The molecule has 0 spiro atoms. The molecule has 1 aliphatic heterocycles. The first-order chi connectivity index (χ1) is 16.0. The highest BCUT2D eigenvalue weighted by atomic mass is 127. The molecule has 0 radical (unpaired) electrons. The van der Waals surface area contributed by atoms with E-state index in [1.54, 1.807) is 10.6 Å². The van der Waals surface area contributed by atoms with Gasteiger partial charge < -0.3 is 16.4 Å². The van der Waals surface area contributed by atoms with Crippen molar-refractivity contribution in [1.82, 2.24) is 19.5 Å². The zero-order valence-electron chi connectivity index (χ0n) is 17.4. The first-order valence-corrected chi connectivity index (χ1v) is 11.4. The molecule has 1 unspecified atom stereocenters. The zero-order valence-corrected chi connectivity index (χ0v) is 19.6. The number of nitrogen functional groups attached to an aromatic ring is 2. The van der Waals surface area contributed by atoms with Gasteiger partial charge in [0.05, 0.1) is 22.6 Å². The topological polar surface area (TPSA) is 140 Å². The Morgan fingerprint density at radius 1 is 1.06 bits per heavy atom. The van der Waals surface area contributed by atoms with Gasteiger partial charge in [-0.05, 0) is 59.7 Å². The molecule has 1 saturated heterocycles. The Morgan fingerprint density at radius 3 is 2.61 bits per heavy atom. The third-order valence-electron chi connectivity index (χ3n) is 5.76. The second-order valence-corrected chi connectivity index (χ2v) is 8.87. The number of hydrogen-bond donors (Lipinski definition) is 2. The van der Waals surface area contributed by atoms with E-state index in [0.29, 0.717) is 29.1 Å². The number of rotatable bonds is 3. The fourth-order valence-corrected chi connectivity index (χ4v) is 4.95. The van der Waals surface area contributed by atoms with Crippen LogP contribution in [0, 0.1) is 14.9 Å². The van der Waals surface area contributed by atoms with Crippen molar-refractivity contribution in [3.63, 3.8) is 0 Å². The minimum absolute atomic E-state index is 0.00591. The van der Waals surface area contributed by atoms with Crippen LogP contribution >= 0.6 is 22.6 Å². The summed E-state index contributed by atoms with van der Waals surface area (Å²) in [5, 5.41) is 10.3. The number of nitrogens with two attached hydrogens (primary N) is 2. The van der Waals surface area contributed by atoms with Gasteiger partial charge in [-0.3, -0.25) is 9.36 Å². The van der Waals surface area contributed by atoms with Crippen LogP contribution in [-0.4, -0.2) is 26.1 Å². The van der Waals surface area contributed by atoms with Crippen molar-refractivity contribution in [2.24, 2.45) is 0 Å². The maximum atomic E-state index is 13.7. The van der Waals surface area contributed by atoms with Crippen LogP contribution in [0.5, 0.6) is 0 Å². The highest BCUT2D eigenvalue weighted by Crippen LogP contribution is 2.38. The molecule has 33 heavy (non-hydrogen) atoms. The molecule has 0 aliphatic carbocycles. The van der Waals surface area contributed by atoms with E-state index in [1.165, 1.54) is 0 Å². The monoisotopic (exact) mass is 550 g/mol. The molecule has 3 heterocycles. The Morgan fingerprint density at radius 2 is 1.85 bits per heavy atom. The summed E-state index contributed by atoms with van der Waals surface area (Å²) in [4.78, 5) is 28.9. The van der Waals surface area contributed by atoms with Crippen LogP contribution in [0.15, 0.2) is 53.3 Å². The molecule has 4 N–H and O–H groups in total. The number of nitriles is 1. The summed E-state index contributed by atoms with van der Waals surface area (Å²) in [6.07, 6.45) is 1.55. The number of aromatic nitrogens is 4. The SMILES string of the molecule is N#Cc1c(N)nc(N)nc1N1CCCC1c1nc2c(I)cccc2c(=O)n1-c1ccccc1. The number of halogens is 1. The molecule has 2 aromatic carbocycles. The van der Waals surface area contributed by atoms with E-state index >= 15 is 0 Å². The summed E-state index contributed by atoms with van der Waals surface area (Å²) in [5.74, 6) is 0.974. The molecular formula is C23H19IN8O. The first kappa shape index (κ1) is 21.1. The summed E-state index contributed by atoms with van der Waals surface area (Å²) in [5.41, 5.74) is 13.2. The van der Waals surface area contributed by atoms with Crippen molar-refractivity contribution in [2.45, 2.75) is 18.9 Å². The zero-order chi connectivity index (χ0) is 23.1. The molecule has 164 valence electrons. The van der Waals surface area contributed by atoms with Gasteiger partial charge in [-0.1, -0.05) is 24.3 Å². The Bertz CT molecular complexity index is 1480. The van der Waals surface area contributed by atoms with Gasteiger partial charge in [0.2, 0.25) is 5.95 Å². The first-order valence-electron chi connectivity index (χ1n) is 10.4. The van der Waals surface area contributed by atoms with Crippen molar-refractivity contribution < 1.29 is 0 Å². The number of nitrogens with zero attached hydrogens (tertiary/aromatic N) is 6. The van der Waals surface area contributed by atoms with Crippen LogP contribution < -0.4 is 21.9 Å². The lowest BCUT2D eigenvalue weighted by atomic mass is 10.1. The summed E-state index contributed by atoms with van der Waals surface area (Å²) in [6, 6.07) is 16.8. The van der Waals surface area contributed by atoms with Crippen LogP contribution in [0.3, 0.4) is 0 Å². The Hall–Kier alpha value is -3.72. The van der Waals surface area contributed by atoms with E-state index in [0.717, 1.165) is 22.1 Å². The third-order valence-corrected chi connectivity index (χ3v) is 6.63. The van der Waals surface area contributed by atoms with Crippen LogP contribution in [0.2, 0.25) is 0 Å². The lowest BCUT2D eigenvalue weighted by Gasteiger charge is -2.28. The summed E-state index contributed by atoms with van der Waals surface area (Å²) in [7, 11) is 0. The summed E-state index contributed by atoms with van der Waals surface area (Å²) >= 11 is 2.20. The maximum absolute atomic E-state index is 13.7. The third kappa shape index (κ3) is 3.54. The minimum Gasteiger partial charge on any atom is -0.382 e. The molecule has 2 aromatic heterocycles. The fourth-order valence-electron chi connectivity index (χ4n) is 4.33. The Kier molecular flexibility index (Phi) is 5.33. The Labute approximate surface area is 202 Å². The van der Waals surface area contributed by atoms with Crippen LogP contribution in [-0.2, 0) is 0 Å². The van der Waals surface area contributed by atoms with Gasteiger partial charge in [0.15, 0.2) is 5.82 Å². The van der Waals surface area contributed by atoms with E-state index in [4.69, 9.17) is 16.5 Å². The molecule has 1 aliphatic rings. The van der Waals surface area contributed by atoms with Crippen molar-refractivity contribution in [3.8, 4) is 11.8 Å². The van der Waals surface area contributed by atoms with Gasteiger partial charge in [-0.25, -0.2) is 4.98 Å².